The Morgan fingerprint density at radius 1 is 0.414 bits per heavy atom. The van der Waals surface area contributed by atoms with E-state index in [-0.39, 0.29) is 45.3 Å². The molecular weight excluding hydrogens is 766 g/mol. The molecule has 0 saturated heterocycles. The van der Waals surface area contributed by atoms with Gasteiger partial charge in [0.2, 0.25) is 0 Å². The molecule has 10 heteroatoms. The summed E-state index contributed by atoms with van der Waals surface area (Å²) in [6.45, 7) is 0. The van der Waals surface area contributed by atoms with E-state index in [1.54, 1.807) is 24.3 Å². The van der Waals surface area contributed by atoms with Crippen LogP contribution in [-0.2, 0) is 9.13 Å². The van der Waals surface area contributed by atoms with E-state index in [2.05, 4.69) is 35.5 Å². The van der Waals surface area contributed by atoms with Crippen molar-refractivity contribution in [3.8, 4) is 93.6 Å². The van der Waals surface area contributed by atoms with Gasteiger partial charge in [-0.05, 0) is 91.0 Å². The molecule has 0 spiro atoms. The van der Waals surface area contributed by atoms with Gasteiger partial charge >= 0.3 is 15.6 Å². The minimum atomic E-state index is -5.05. The van der Waals surface area contributed by atoms with Gasteiger partial charge in [-0.25, -0.2) is 9.13 Å². The number of fused-ring (bicyclic) bond motifs is 14. The summed E-state index contributed by atoms with van der Waals surface area (Å²) in [5, 5.41) is 5.77. The van der Waals surface area contributed by atoms with Crippen molar-refractivity contribution in [1.82, 2.24) is 0 Å². The highest BCUT2D eigenvalue weighted by Crippen LogP contribution is 2.59. The van der Waals surface area contributed by atoms with E-state index >= 15 is 0 Å². The smallest absolute Gasteiger partial charge is 0.372 e. The maximum Gasteiger partial charge on any atom is 0.372 e. The molecule has 0 radical (unpaired) electrons. The number of phosphoric acid groups is 2. The Morgan fingerprint density at radius 3 is 0.966 bits per heavy atom. The van der Waals surface area contributed by atoms with Gasteiger partial charge in [0, 0.05) is 22.3 Å². The maximum absolute atomic E-state index is 13.5. The van der Waals surface area contributed by atoms with Crippen LogP contribution >= 0.6 is 15.6 Å². The minimum Gasteiger partial charge on any atom is -0.736 e. The van der Waals surface area contributed by atoms with E-state index < -0.39 is 15.6 Å². The number of rotatable bonds is 0. The van der Waals surface area contributed by atoms with Crippen LogP contribution in [0.2, 0.25) is 0 Å². The summed E-state index contributed by atoms with van der Waals surface area (Å²) in [6.07, 6.45) is 11.8. The lowest BCUT2D eigenvalue weighted by Gasteiger charge is -2.23. The molecule has 8 nitrogen and oxygen atoms in total. The van der Waals surface area contributed by atoms with Gasteiger partial charge in [-0.15, -0.1) is 12.8 Å². The van der Waals surface area contributed by atoms with E-state index in [9.17, 15) is 18.9 Å². The predicted molar refractivity (Wildman–Crippen MR) is 221 cm³/mol. The van der Waals surface area contributed by atoms with Gasteiger partial charge in [-0.2, -0.15) is 0 Å². The van der Waals surface area contributed by atoms with Gasteiger partial charge in [0.15, 0.2) is 23.0 Å². The molecule has 2 unspecified atom stereocenters. The number of hydrogen-bond donors (Lipinski definition) is 0. The summed E-state index contributed by atoms with van der Waals surface area (Å²) in [6, 6.07) is 36.5. The summed E-state index contributed by atoms with van der Waals surface area (Å²) < 4.78 is 49.6. The first-order valence-corrected chi connectivity index (χ1v) is 20.6. The molecule has 8 aromatic carbocycles. The fourth-order valence-corrected chi connectivity index (χ4v) is 9.50. The maximum atomic E-state index is 13.5. The summed E-state index contributed by atoms with van der Waals surface area (Å²) in [4.78, 5) is 27.0. The first-order chi connectivity index (χ1) is 28.1. The van der Waals surface area contributed by atoms with Crippen molar-refractivity contribution in [3.05, 3.63) is 144 Å². The highest BCUT2D eigenvalue weighted by molar-refractivity contribution is 7.47. The molecule has 8 aromatic rings. The fourth-order valence-electron chi connectivity index (χ4n) is 7.77. The first-order valence-electron chi connectivity index (χ1n) is 17.7. The van der Waals surface area contributed by atoms with Crippen LogP contribution in [-0.4, -0.2) is 0 Å². The molecule has 58 heavy (non-hydrogen) atoms. The van der Waals surface area contributed by atoms with E-state index in [0.717, 1.165) is 21.5 Å². The van der Waals surface area contributed by atoms with Crippen LogP contribution in [0.15, 0.2) is 121 Å². The molecule has 0 saturated carbocycles. The fraction of sp³-hybridized carbons (Fsp3) is 0. The lowest BCUT2D eigenvalue weighted by atomic mass is 9.89. The van der Waals surface area contributed by atoms with Crippen molar-refractivity contribution < 1.29 is 37.0 Å². The van der Waals surface area contributed by atoms with Crippen LogP contribution in [0.25, 0.3) is 65.3 Å². The Kier molecular flexibility index (Phi) is 7.92. The van der Waals surface area contributed by atoms with Crippen LogP contribution in [0.1, 0.15) is 22.3 Å². The van der Waals surface area contributed by atoms with Crippen LogP contribution in [0, 0.1) is 48.4 Å². The van der Waals surface area contributed by atoms with E-state index in [1.807, 2.05) is 97.1 Å². The van der Waals surface area contributed by atoms with Gasteiger partial charge in [-0.1, -0.05) is 109 Å². The van der Waals surface area contributed by atoms with Crippen molar-refractivity contribution in [2.45, 2.75) is 0 Å². The molecule has 10 rings (SSSR count). The van der Waals surface area contributed by atoms with Crippen molar-refractivity contribution in [3.63, 3.8) is 0 Å². The summed E-state index contributed by atoms with van der Waals surface area (Å²) in [5.41, 5.74) is 2.65. The summed E-state index contributed by atoms with van der Waals surface area (Å²) in [7, 11) is -10.1. The Bertz CT molecular complexity index is 3260. The van der Waals surface area contributed by atoms with E-state index in [4.69, 9.17) is 30.9 Å². The molecule has 2 atom stereocenters. The molecule has 2 aliphatic heterocycles. The van der Waals surface area contributed by atoms with Crippen LogP contribution < -0.4 is 27.9 Å². The molecule has 0 bridgehead atoms. The number of phosphoric ester groups is 2. The van der Waals surface area contributed by atoms with Gasteiger partial charge < -0.3 is 27.9 Å². The van der Waals surface area contributed by atoms with Crippen molar-refractivity contribution in [2.75, 3.05) is 0 Å². The monoisotopic (exact) mass is 788 g/mol. The van der Waals surface area contributed by atoms with Crippen molar-refractivity contribution in [1.29, 1.82) is 0 Å². The minimum absolute atomic E-state index is 0.0197. The lowest BCUT2D eigenvalue weighted by Crippen LogP contribution is -2.13. The summed E-state index contributed by atoms with van der Waals surface area (Å²) >= 11 is 0. The van der Waals surface area contributed by atoms with Gasteiger partial charge in [0.1, 0.15) is 0 Å². The second-order valence-electron chi connectivity index (χ2n) is 13.4. The van der Waals surface area contributed by atoms with Crippen molar-refractivity contribution in [2.24, 2.45) is 0 Å². The molecule has 0 N–H and O–H groups in total. The molecule has 2 heterocycles. The zero-order chi connectivity index (χ0) is 39.8. The van der Waals surface area contributed by atoms with Crippen LogP contribution in [0.3, 0.4) is 0 Å². The molecular formula is C48H22O8P2-2. The number of hydrogen-bond acceptors (Lipinski definition) is 8. The average molecular weight is 789 g/mol. The molecule has 0 aromatic heterocycles. The quantitative estimate of drug-likeness (QED) is 0.110. The lowest BCUT2D eigenvalue weighted by molar-refractivity contribution is -0.209. The number of benzene rings is 8. The Labute approximate surface area is 331 Å². The Hall–Kier alpha value is -7.38. The predicted octanol–water partition coefficient (Wildman–Crippen LogP) is 9.48. The third-order valence-electron chi connectivity index (χ3n) is 10.1. The standard InChI is InChI=1S/C48H24O8P2/c1-3-29-25-31-15-7-11-21-37(31)41-43-39-23-13-9-17-33(39)27-35(47(43)55-57(49,50)53-45(29)41)19-5-6-20-36-28-34-18-10-14-24-40(34)44-42-38-22-12-8-16-32(38)26-30(4-2)46(42)54-58(51,52)56-48(36)44/h1-2,7-18,21-28H,(H,49,50)(H,51,52)/p-2. The largest absolute Gasteiger partial charge is 0.736 e. The second-order valence-corrected chi connectivity index (χ2v) is 16.0. The SMILES string of the molecule is C#Cc1cc2ccccc2c2c1OP(=O)([O-])Oc1c(C#CC#Cc3cc4ccccc4c4c3OP(=O)([O-])Oc3c(C#C)cc5ccccc5c3-4)cc3ccccc3c1-2. The Morgan fingerprint density at radius 2 is 0.672 bits per heavy atom. The molecule has 274 valence electrons. The second kappa shape index (κ2) is 13.1. The highest BCUT2D eigenvalue weighted by Gasteiger charge is 2.33. The zero-order valence-corrected chi connectivity index (χ0v) is 31.7. The van der Waals surface area contributed by atoms with E-state index in [0.29, 0.717) is 43.8 Å². The summed E-state index contributed by atoms with van der Waals surface area (Å²) in [5.74, 6) is 16.7. The number of terminal acetylenes is 2. The normalized spacial score (nSPS) is 17.3. The molecule has 0 aliphatic carbocycles. The third kappa shape index (κ3) is 5.66. The topological polar surface area (TPSA) is 117 Å². The highest BCUT2D eigenvalue weighted by atomic mass is 31.2. The average Bonchev–Trinajstić information content (AvgIpc) is 3.44. The van der Waals surface area contributed by atoms with Crippen LogP contribution in [0.5, 0.6) is 23.0 Å². The van der Waals surface area contributed by atoms with Crippen LogP contribution in [0.4, 0.5) is 0 Å². The molecule has 0 amide bonds. The van der Waals surface area contributed by atoms with E-state index in [1.165, 1.54) is 0 Å². The van der Waals surface area contributed by atoms with Gasteiger partial charge in [-0.3, -0.25) is 0 Å². The zero-order valence-electron chi connectivity index (χ0n) is 29.9. The van der Waals surface area contributed by atoms with Gasteiger partial charge in [0.25, 0.3) is 0 Å². The third-order valence-corrected chi connectivity index (χ3v) is 11.7. The van der Waals surface area contributed by atoms with Gasteiger partial charge in [0.05, 0.1) is 22.3 Å². The van der Waals surface area contributed by atoms with Crippen molar-refractivity contribution >= 4 is 58.7 Å². The molecule has 2 aliphatic rings. The first kappa shape index (κ1) is 35.1. The Balaban J connectivity index is 1.21. The molecule has 0 fully saturated rings.